The van der Waals surface area contributed by atoms with Gasteiger partial charge in [0.1, 0.15) is 30.8 Å². The Bertz CT molecular complexity index is 1680. The first-order valence-corrected chi connectivity index (χ1v) is 21.5. The van der Waals surface area contributed by atoms with E-state index in [1.54, 1.807) is 13.8 Å². The third-order valence-corrected chi connectivity index (χ3v) is 18.8. The molecule has 2 aliphatic rings. The number of rotatable bonds is 12. The molecule has 15 nitrogen and oxygen atoms in total. The maximum atomic E-state index is 14.4. The fraction of sp³-hybridized carbons (Fsp3) is 0.714. The number of aromatic nitrogens is 4. The molecule has 4 heterocycles. The van der Waals surface area contributed by atoms with Gasteiger partial charge in [-0.1, -0.05) is 33.9 Å². The highest BCUT2D eigenvalue weighted by molar-refractivity contribution is 8.55. The molecule has 7 atom stereocenters. The molecule has 0 saturated carbocycles. The van der Waals surface area contributed by atoms with Crippen LogP contribution in [0.2, 0.25) is 24.2 Å². The summed E-state index contributed by atoms with van der Waals surface area (Å²) in [6.45, 7) is 9.31. The lowest BCUT2D eigenvalue weighted by molar-refractivity contribution is -0.0510. The summed E-state index contributed by atoms with van der Waals surface area (Å²) in [6.07, 6.45) is -2.95. The van der Waals surface area contributed by atoms with Gasteiger partial charge in [0.2, 0.25) is 0 Å². The van der Waals surface area contributed by atoms with Crippen molar-refractivity contribution in [2.24, 2.45) is 0 Å². The number of hydrogen-bond donors (Lipinski definition) is 4. The summed E-state index contributed by atoms with van der Waals surface area (Å²) in [7, 11) is -1.77. The summed E-state index contributed by atoms with van der Waals surface area (Å²) in [4.78, 5) is 53.0. The van der Waals surface area contributed by atoms with Crippen LogP contribution in [-0.4, -0.2) is 80.8 Å². The fourth-order valence-corrected chi connectivity index (χ4v) is 11.9. The SMILES string of the molecule is Cc1cn([C@H]2C[C@H](OP(=O)(OC[C@H]3O[C@@H](n4cc(C)c(=O)[nH]c4=O)C[C@@H]3O)SCC[Si](C)(C)C(C)(C)C)[C@@H](CO)O2)c(=O)[nH]c1=O. The van der Waals surface area contributed by atoms with Gasteiger partial charge in [0.05, 0.1) is 27.4 Å². The second-order valence-electron chi connectivity index (χ2n) is 13.5. The van der Waals surface area contributed by atoms with E-state index in [0.717, 1.165) is 17.4 Å². The summed E-state index contributed by atoms with van der Waals surface area (Å²) in [5, 5.41) is 20.9. The Morgan fingerprint density at radius 3 is 2.02 bits per heavy atom. The van der Waals surface area contributed by atoms with Gasteiger partial charge in [0.15, 0.2) is 0 Å². The molecule has 0 radical (unpaired) electrons. The van der Waals surface area contributed by atoms with Gasteiger partial charge in [0.25, 0.3) is 11.1 Å². The summed E-state index contributed by atoms with van der Waals surface area (Å²) in [6, 6.07) is 0.802. The van der Waals surface area contributed by atoms with Crippen LogP contribution in [0.5, 0.6) is 0 Å². The predicted molar refractivity (Wildman–Crippen MR) is 175 cm³/mol. The summed E-state index contributed by atoms with van der Waals surface area (Å²) in [5.41, 5.74) is -1.85. The molecule has 2 aromatic rings. The second-order valence-corrected chi connectivity index (χ2v) is 23.5. The molecule has 0 amide bonds. The fourth-order valence-electron chi connectivity index (χ4n) is 5.00. The molecule has 1 unspecified atom stereocenters. The van der Waals surface area contributed by atoms with Crippen LogP contribution >= 0.6 is 18.2 Å². The van der Waals surface area contributed by atoms with Gasteiger partial charge in [0, 0.05) is 42.1 Å². The van der Waals surface area contributed by atoms with E-state index in [2.05, 4.69) is 43.8 Å². The van der Waals surface area contributed by atoms with Crippen molar-refractivity contribution >= 4 is 26.3 Å². The Kier molecular flexibility index (Phi) is 11.3. The first-order valence-electron chi connectivity index (χ1n) is 15.2. The molecule has 46 heavy (non-hydrogen) atoms. The second kappa shape index (κ2) is 14.2. The van der Waals surface area contributed by atoms with E-state index in [-0.39, 0.29) is 30.1 Å². The first-order chi connectivity index (χ1) is 21.3. The minimum absolute atomic E-state index is 0.0289. The van der Waals surface area contributed by atoms with Gasteiger partial charge in [-0.05, 0) is 36.3 Å². The van der Waals surface area contributed by atoms with Gasteiger partial charge in [-0.2, -0.15) is 0 Å². The standard InChI is InChI=1S/C28H45N4O11PSSi/c1-16-12-31(26(37)29-24(16)35)22-10-18(34)21(42-22)15-40-44(39,45-8-9-46(6,7)28(3,4)5)43-19-11-23(41-20(19)14-33)32-13-17(2)25(36)30-27(32)38/h12-13,18-23,33-34H,8-11,14-15H2,1-7H3,(H,29,35,37)(H,30,36,38)/t18-,19-,20+,21+,22+,23+,44?/m0/s1. The van der Waals surface area contributed by atoms with Crippen LogP contribution in [0.1, 0.15) is 57.2 Å². The smallest absolute Gasteiger partial charge is 0.389 e. The van der Waals surface area contributed by atoms with Crippen LogP contribution in [-0.2, 0) is 23.1 Å². The monoisotopic (exact) mass is 704 g/mol. The number of aromatic amines is 2. The minimum Gasteiger partial charge on any atom is -0.394 e. The molecule has 4 N–H and O–H groups in total. The average molecular weight is 705 g/mol. The molecule has 2 aromatic heterocycles. The van der Waals surface area contributed by atoms with E-state index in [0.29, 0.717) is 11.3 Å². The zero-order valence-electron chi connectivity index (χ0n) is 27.2. The normalized spacial score (nSPS) is 26.8. The van der Waals surface area contributed by atoms with Crippen molar-refractivity contribution in [1.29, 1.82) is 0 Å². The number of ether oxygens (including phenoxy) is 2. The molecule has 0 aromatic carbocycles. The third-order valence-electron chi connectivity index (χ3n) is 9.15. The van der Waals surface area contributed by atoms with Gasteiger partial charge in [-0.3, -0.25) is 37.7 Å². The zero-order valence-corrected chi connectivity index (χ0v) is 29.9. The molecule has 0 spiro atoms. The number of H-pyrrole nitrogens is 2. The molecule has 2 aliphatic heterocycles. The van der Waals surface area contributed by atoms with Crippen molar-refractivity contribution in [3.05, 3.63) is 65.2 Å². The van der Waals surface area contributed by atoms with Gasteiger partial charge < -0.3 is 19.7 Å². The van der Waals surface area contributed by atoms with Crippen molar-refractivity contribution < 1.29 is 33.3 Å². The molecule has 0 bridgehead atoms. The van der Waals surface area contributed by atoms with E-state index in [4.69, 9.17) is 18.5 Å². The van der Waals surface area contributed by atoms with Crippen LogP contribution in [0.4, 0.5) is 0 Å². The Balaban J connectivity index is 1.52. The highest BCUT2D eigenvalue weighted by Gasteiger charge is 2.44. The van der Waals surface area contributed by atoms with Gasteiger partial charge in [-0.15, -0.1) is 0 Å². The lowest BCUT2D eigenvalue weighted by Crippen LogP contribution is -2.37. The lowest BCUT2D eigenvalue weighted by atomic mass is 10.2. The Labute approximate surface area is 270 Å². The van der Waals surface area contributed by atoms with E-state index in [9.17, 15) is 34.0 Å². The summed E-state index contributed by atoms with van der Waals surface area (Å²) in [5.74, 6) is 0.454. The van der Waals surface area contributed by atoms with Crippen molar-refractivity contribution in [1.82, 2.24) is 19.1 Å². The highest BCUT2D eigenvalue weighted by atomic mass is 32.7. The molecule has 2 saturated heterocycles. The number of aliphatic hydroxyl groups is 2. The van der Waals surface area contributed by atoms with Gasteiger partial charge >= 0.3 is 18.2 Å². The zero-order chi connectivity index (χ0) is 34.2. The molecule has 18 heteroatoms. The van der Waals surface area contributed by atoms with Crippen molar-refractivity contribution in [3.8, 4) is 0 Å². The molecular weight excluding hydrogens is 659 g/mol. The van der Waals surface area contributed by atoms with Crippen molar-refractivity contribution in [2.75, 3.05) is 19.0 Å². The quantitative estimate of drug-likeness (QED) is 0.186. The summed E-state index contributed by atoms with van der Waals surface area (Å²) < 4.78 is 40.6. The Morgan fingerprint density at radius 1 is 0.978 bits per heavy atom. The van der Waals surface area contributed by atoms with Crippen molar-refractivity contribution in [3.63, 3.8) is 0 Å². The van der Waals surface area contributed by atoms with Crippen LogP contribution in [0.3, 0.4) is 0 Å². The molecule has 0 aliphatic carbocycles. The number of aryl methyl sites for hydroxylation is 2. The topological polar surface area (TPSA) is 204 Å². The number of nitrogens with zero attached hydrogens (tertiary/aromatic N) is 2. The molecule has 2 fully saturated rings. The predicted octanol–water partition coefficient (Wildman–Crippen LogP) is 2.38. The molecular formula is C28H45N4O11PSSi. The third kappa shape index (κ3) is 8.31. The number of aliphatic hydroxyl groups excluding tert-OH is 2. The number of hydrogen-bond acceptors (Lipinski definition) is 12. The van der Waals surface area contributed by atoms with E-state index < -0.39 is 80.8 Å². The summed E-state index contributed by atoms with van der Waals surface area (Å²) >= 11 is 1.02. The lowest BCUT2D eigenvalue weighted by Gasteiger charge is -2.37. The maximum absolute atomic E-state index is 14.4. The molecule has 4 rings (SSSR count). The maximum Gasteiger partial charge on any atom is 0.389 e. The average Bonchev–Trinajstić information content (AvgIpc) is 3.53. The molecule has 258 valence electrons. The van der Waals surface area contributed by atoms with Crippen LogP contribution in [0.15, 0.2) is 31.6 Å². The van der Waals surface area contributed by atoms with E-state index in [1.165, 1.54) is 21.5 Å². The Morgan fingerprint density at radius 2 is 1.50 bits per heavy atom. The van der Waals surface area contributed by atoms with Crippen LogP contribution in [0, 0.1) is 13.8 Å². The van der Waals surface area contributed by atoms with Crippen LogP contribution in [0.25, 0.3) is 0 Å². The Hall–Kier alpha value is -2.08. The minimum atomic E-state index is -4.00. The first kappa shape index (κ1) is 36.7. The van der Waals surface area contributed by atoms with Crippen molar-refractivity contribution in [2.45, 2.75) is 109 Å². The highest BCUT2D eigenvalue weighted by Crippen LogP contribution is 2.63. The van der Waals surface area contributed by atoms with E-state index >= 15 is 0 Å². The van der Waals surface area contributed by atoms with Gasteiger partial charge in [-0.25, -0.2) is 14.2 Å². The number of nitrogens with one attached hydrogen (secondary N) is 2. The van der Waals surface area contributed by atoms with Crippen LogP contribution < -0.4 is 22.5 Å². The largest absolute Gasteiger partial charge is 0.394 e. The van der Waals surface area contributed by atoms with E-state index in [1.807, 2.05) is 0 Å².